The van der Waals surface area contributed by atoms with E-state index >= 15 is 0 Å². The molecule has 0 unspecified atom stereocenters. The number of rotatable bonds is 3. The molecule has 0 amide bonds. The van der Waals surface area contributed by atoms with Gasteiger partial charge in [0, 0.05) is 24.5 Å². The Morgan fingerprint density at radius 3 is 2.73 bits per heavy atom. The molecule has 15 heavy (non-hydrogen) atoms. The van der Waals surface area contributed by atoms with Crippen LogP contribution in [0.15, 0.2) is 12.1 Å². The van der Waals surface area contributed by atoms with Crippen molar-refractivity contribution >= 4 is 29.5 Å². The van der Waals surface area contributed by atoms with E-state index < -0.39 is 5.97 Å². The van der Waals surface area contributed by atoms with Crippen LogP contribution in [0.5, 0.6) is 0 Å². The molecule has 0 bridgehead atoms. The van der Waals surface area contributed by atoms with E-state index in [2.05, 4.69) is 10.1 Å². The molecule has 0 spiro atoms. The second-order valence-corrected chi connectivity index (χ2v) is 3.15. The lowest BCUT2D eigenvalue weighted by Crippen LogP contribution is -2.05. The summed E-state index contributed by atoms with van der Waals surface area (Å²) in [5.41, 5.74) is 1.43. The molecule has 1 aromatic carbocycles. The number of anilines is 1. The molecule has 0 aromatic heterocycles. The molecule has 0 saturated carbocycles. The van der Waals surface area contributed by atoms with E-state index in [-0.39, 0.29) is 10.6 Å². The predicted molar refractivity (Wildman–Crippen MR) is 60.2 cm³/mol. The normalized spacial score (nSPS) is 9.53. The van der Waals surface area contributed by atoms with Gasteiger partial charge in [-0.3, -0.25) is 0 Å². The van der Waals surface area contributed by atoms with Crippen molar-refractivity contribution in [2.24, 2.45) is 0 Å². The molecule has 4 nitrogen and oxygen atoms in total. The van der Waals surface area contributed by atoms with Gasteiger partial charge in [-0.1, -0.05) is 11.6 Å². The van der Waals surface area contributed by atoms with E-state index in [9.17, 15) is 4.79 Å². The van der Waals surface area contributed by atoms with E-state index in [1.165, 1.54) is 7.11 Å². The number of esters is 1. The van der Waals surface area contributed by atoms with Crippen LogP contribution >= 0.6 is 11.6 Å². The van der Waals surface area contributed by atoms with Crippen LogP contribution in [0.4, 0.5) is 5.69 Å². The standard InChI is InChI=1S/C10H11ClN2O2/c1-13-8-4-3-6(10(14)15-2)9(11)7(8)5-12/h3-5,12-13H,1-2H3. The maximum atomic E-state index is 11.3. The van der Waals surface area contributed by atoms with Crippen LogP contribution in [-0.4, -0.2) is 26.3 Å². The number of carbonyl (C=O) groups excluding carboxylic acids is 1. The van der Waals surface area contributed by atoms with Crippen LogP contribution in [0.25, 0.3) is 0 Å². The third kappa shape index (κ3) is 2.10. The van der Waals surface area contributed by atoms with Crippen molar-refractivity contribution in [3.63, 3.8) is 0 Å². The molecule has 0 saturated heterocycles. The third-order valence-corrected chi connectivity index (χ3v) is 2.41. The van der Waals surface area contributed by atoms with Crippen LogP contribution in [0.1, 0.15) is 15.9 Å². The Kier molecular flexibility index (Phi) is 3.68. The smallest absolute Gasteiger partial charge is 0.339 e. The number of ether oxygens (including phenoxy) is 1. The topological polar surface area (TPSA) is 62.2 Å². The molecule has 0 aliphatic heterocycles. The van der Waals surface area contributed by atoms with Gasteiger partial charge >= 0.3 is 5.97 Å². The molecule has 80 valence electrons. The summed E-state index contributed by atoms with van der Waals surface area (Å²) in [6, 6.07) is 3.24. The SMILES string of the molecule is CNc1ccc(C(=O)OC)c(Cl)c1C=N. The Hall–Kier alpha value is -1.55. The summed E-state index contributed by atoms with van der Waals surface area (Å²) in [6.07, 6.45) is 1.10. The number of carbonyl (C=O) groups is 1. The monoisotopic (exact) mass is 226 g/mol. The van der Waals surface area contributed by atoms with Crippen LogP contribution in [0, 0.1) is 5.41 Å². The molecular formula is C10H11ClN2O2. The van der Waals surface area contributed by atoms with Crippen LogP contribution < -0.4 is 5.32 Å². The molecule has 0 aliphatic rings. The summed E-state index contributed by atoms with van der Waals surface area (Å²) in [4.78, 5) is 11.3. The highest BCUT2D eigenvalue weighted by atomic mass is 35.5. The number of hydrogen-bond donors (Lipinski definition) is 2. The van der Waals surface area contributed by atoms with Gasteiger partial charge in [0.25, 0.3) is 0 Å². The first-order valence-electron chi connectivity index (χ1n) is 4.24. The Bertz CT molecular complexity index is 405. The minimum atomic E-state index is -0.509. The number of halogens is 1. The average molecular weight is 227 g/mol. The van der Waals surface area contributed by atoms with E-state index in [1.54, 1.807) is 19.2 Å². The number of hydrogen-bond acceptors (Lipinski definition) is 4. The summed E-state index contributed by atoms with van der Waals surface area (Å²) < 4.78 is 4.57. The minimum Gasteiger partial charge on any atom is -0.465 e. The zero-order valence-electron chi connectivity index (χ0n) is 8.43. The molecular weight excluding hydrogens is 216 g/mol. The first-order valence-corrected chi connectivity index (χ1v) is 4.62. The largest absolute Gasteiger partial charge is 0.465 e. The molecule has 0 aliphatic carbocycles. The van der Waals surface area contributed by atoms with E-state index in [1.807, 2.05) is 0 Å². The van der Waals surface area contributed by atoms with Crippen molar-refractivity contribution in [3.8, 4) is 0 Å². The second-order valence-electron chi connectivity index (χ2n) is 2.77. The Morgan fingerprint density at radius 1 is 1.60 bits per heavy atom. The summed E-state index contributed by atoms with van der Waals surface area (Å²) in [7, 11) is 3.01. The number of nitrogens with one attached hydrogen (secondary N) is 2. The van der Waals surface area contributed by atoms with Crippen LogP contribution in [0.2, 0.25) is 5.02 Å². The van der Waals surface area contributed by atoms with Crippen molar-refractivity contribution in [2.45, 2.75) is 0 Å². The van der Waals surface area contributed by atoms with Gasteiger partial charge in [-0.05, 0) is 12.1 Å². The molecule has 0 heterocycles. The number of methoxy groups -OCH3 is 1. The first kappa shape index (κ1) is 11.5. The number of benzene rings is 1. The van der Waals surface area contributed by atoms with E-state index in [0.717, 1.165) is 6.21 Å². The van der Waals surface area contributed by atoms with Gasteiger partial charge in [0.2, 0.25) is 0 Å². The van der Waals surface area contributed by atoms with E-state index in [0.29, 0.717) is 11.3 Å². The van der Waals surface area contributed by atoms with E-state index in [4.69, 9.17) is 17.0 Å². The third-order valence-electron chi connectivity index (χ3n) is 2.00. The van der Waals surface area contributed by atoms with Gasteiger partial charge in [-0.25, -0.2) is 4.79 Å². The predicted octanol–water partition coefficient (Wildman–Crippen LogP) is 2.17. The minimum absolute atomic E-state index is 0.226. The lowest BCUT2D eigenvalue weighted by Gasteiger charge is -2.09. The molecule has 1 rings (SSSR count). The molecule has 2 N–H and O–H groups in total. The molecule has 0 atom stereocenters. The van der Waals surface area contributed by atoms with Crippen molar-refractivity contribution in [3.05, 3.63) is 28.3 Å². The lowest BCUT2D eigenvalue weighted by atomic mass is 10.1. The summed E-state index contributed by atoms with van der Waals surface area (Å²) in [6.45, 7) is 0. The van der Waals surface area contributed by atoms with Gasteiger partial charge in [0.1, 0.15) is 0 Å². The first-order chi connectivity index (χ1) is 7.15. The molecule has 0 fully saturated rings. The fourth-order valence-corrected chi connectivity index (χ4v) is 1.52. The quantitative estimate of drug-likeness (QED) is 0.613. The van der Waals surface area contributed by atoms with Crippen molar-refractivity contribution in [1.29, 1.82) is 5.41 Å². The maximum Gasteiger partial charge on any atom is 0.339 e. The Balaban J connectivity index is 3.35. The fourth-order valence-electron chi connectivity index (χ4n) is 1.22. The Labute approximate surface area is 92.7 Å². The van der Waals surface area contributed by atoms with Gasteiger partial charge < -0.3 is 15.5 Å². The van der Waals surface area contributed by atoms with Gasteiger partial charge in [-0.2, -0.15) is 0 Å². The summed E-state index contributed by atoms with van der Waals surface area (Å²) in [5.74, 6) is -0.509. The highest BCUT2D eigenvalue weighted by Crippen LogP contribution is 2.27. The zero-order chi connectivity index (χ0) is 11.4. The average Bonchev–Trinajstić information content (AvgIpc) is 2.27. The van der Waals surface area contributed by atoms with Crippen LogP contribution in [0.3, 0.4) is 0 Å². The summed E-state index contributed by atoms with van der Waals surface area (Å²) in [5, 5.41) is 10.3. The van der Waals surface area contributed by atoms with Crippen molar-refractivity contribution in [1.82, 2.24) is 0 Å². The zero-order valence-corrected chi connectivity index (χ0v) is 9.18. The van der Waals surface area contributed by atoms with Crippen molar-refractivity contribution in [2.75, 3.05) is 19.5 Å². The van der Waals surface area contributed by atoms with Gasteiger partial charge in [0.15, 0.2) is 0 Å². The highest BCUT2D eigenvalue weighted by molar-refractivity contribution is 6.36. The van der Waals surface area contributed by atoms with Crippen molar-refractivity contribution < 1.29 is 9.53 Å². The lowest BCUT2D eigenvalue weighted by molar-refractivity contribution is 0.0601. The Morgan fingerprint density at radius 2 is 2.27 bits per heavy atom. The molecule has 0 radical (unpaired) electrons. The van der Waals surface area contributed by atoms with Gasteiger partial charge in [-0.15, -0.1) is 0 Å². The van der Waals surface area contributed by atoms with Gasteiger partial charge in [0.05, 0.1) is 17.7 Å². The highest BCUT2D eigenvalue weighted by Gasteiger charge is 2.15. The maximum absolute atomic E-state index is 11.3. The fraction of sp³-hybridized carbons (Fsp3) is 0.200. The molecule has 5 heteroatoms. The molecule has 1 aromatic rings. The van der Waals surface area contributed by atoms with Crippen LogP contribution in [-0.2, 0) is 4.74 Å². The summed E-state index contributed by atoms with van der Waals surface area (Å²) >= 11 is 5.97. The second kappa shape index (κ2) is 4.79.